The number of aliphatic hydroxyl groups is 1. The van der Waals surface area contributed by atoms with E-state index in [1.807, 2.05) is 6.07 Å². The van der Waals surface area contributed by atoms with E-state index in [2.05, 4.69) is 17.0 Å². The molecule has 3 rings (SSSR count). The monoisotopic (exact) mass is 249 g/mol. The van der Waals surface area contributed by atoms with Crippen molar-refractivity contribution in [1.29, 1.82) is 0 Å². The Kier molecular flexibility index (Phi) is 3.28. The number of aliphatic hydroxyl groups excluding tert-OH is 1. The van der Waals surface area contributed by atoms with Gasteiger partial charge in [-0.15, -0.1) is 0 Å². The van der Waals surface area contributed by atoms with Gasteiger partial charge in [0.2, 0.25) is 6.79 Å². The third-order valence-corrected chi connectivity index (χ3v) is 3.78. The van der Waals surface area contributed by atoms with Crippen LogP contribution in [0.2, 0.25) is 0 Å². The van der Waals surface area contributed by atoms with Gasteiger partial charge in [-0.2, -0.15) is 0 Å². The molecule has 4 heteroatoms. The van der Waals surface area contributed by atoms with Crippen molar-refractivity contribution in [2.75, 3.05) is 31.4 Å². The summed E-state index contributed by atoms with van der Waals surface area (Å²) in [5.41, 5.74) is 1.20. The van der Waals surface area contributed by atoms with Crippen molar-refractivity contribution in [3.63, 3.8) is 0 Å². The highest BCUT2D eigenvalue weighted by atomic mass is 16.7. The summed E-state index contributed by atoms with van der Waals surface area (Å²) in [5, 5.41) is 9.05. The summed E-state index contributed by atoms with van der Waals surface area (Å²) in [6.07, 6.45) is 3.32. The third-order valence-electron chi connectivity index (χ3n) is 3.78. The molecule has 1 aromatic carbocycles. The van der Waals surface area contributed by atoms with Crippen molar-refractivity contribution in [3.05, 3.63) is 18.2 Å². The van der Waals surface area contributed by atoms with E-state index in [4.69, 9.17) is 14.6 Å². The van der Waals surface area contributed by atoms with Crippen LogP contribution in [0.5, 0.6) is 11.5 Å². The van der Waals surface area contributed by atoms with Gasteiger partial charge in [0.15, 0.2) is 11.5 Å². The molecule has 1 N–H and O–H groups in total. The number of ether oxygens (including phenoxy) is 2. The van der Waals surface area contributed by atoms with Gasteiger partial charge in [-0.1, -0.05) is 0 Å². The Balaban J connectivity index is 1.73. The molecule has 1 aromatic rings. The van der Waals surface area contributed by atoms with Crippen molar-refractivity contribution in [2.24, 2.45) is 5.92 Å². The van der Waals surface area contributed by atoms with Crippen molar-refractivity contribution >= 4 is 5.69 Å². The quantitative estimate of drug-likeness (QED) is 0.890. The molecule has 1 atom stereocenters. The van der Waals surface area contributed by atoms with Crippen LogP contribution in [0.4, 0.5) is 5.69 Å². The summed E-state index contributed by atoms with van der Waals surface area (Å²) >= 11 is 0. The van der Waals surface area contributed by atoms with Crippen LogP contribution in [0.3, 0.4) is 0 Å². The van der Waals surface area contributed by atoms with Gasteiger partial charge in [-0.05, 0) is 37.3 Å². The predicted octanol–water partition coefficient (Wildman–Crippen LogP) is 2.01. The average molecular weight is 249 g/mol. The maximum Gasteiger partial charge on any atom is 0.231 e. The molecule has 1 fully saturated rings. The van der Waals surface area contributed by atoms with Gasteiger partial charge in [0.25, 0.3) is 0 Å². The van der Waals surface area contributed by atoms with Gasteiger partial charge < -0.3 is 19.5 Å². The van der Waals surface area contributed by atoms with E-state index in [1.165, 1.54) is 18.5 Å². The van der Waals surface area contributed by atoms with Crippen LogP contribution in [0.25, 0.3) is 0 Å². The van der Waals surface area contributed by atoms with Gasteiger partial charge in [0.1, 0.15) is 0 Å². The average Bonchev–Trinajstić information content (AvgIpc) is 2.86. The lowest BCUT2D eigenvalue weighted by molar-refractivity contribution is 0.174. The fourth-order valence-electron chi connectivity index (χ4n) is 2.80. The number of fused-ring (bicyclic) bond motifs is 1. The Morgan fingerprint density at radius 3 is 3.06 bits per heavy atom. The van der Waals surface area contributed by atoms with E-state index in [-0.39, 0.29) is 0 Å². The zero-order valence-corrected chi connectivity index (χ0v) is 10.5. The molecule has 2 aliphatic heterocycles. The second-order valence-electron chi connectivity index (χ2n) is 5.00. The molecule has 0 bridgehead atoms. The van der Waals surface area contributed by atoms with Crippen LogP contribution in [-0.4, -0.2) is 31.6 Å². The molecule has 1 unspecified atom stereocenters. The molecule has 0 aliphatic carbocycles. The number of anilines is 1. The normalized spacial score (nSPS) is 22.3. The lowest BCUT2D eigenvalue weighted by Gasteiger charge is -2.34. The zero-order valence-electron chi connectivity index (χ0n) is 10.5. The number of rotatable bonds is 3. The minimum Gasteiger partial charge on any atom is -0.454 e. The van der Waals surface area contributed by atoms with Crippen LogP contribution in [0, 0.1) is 5.92 Å². The van der Waals surface area contributed by atoms with E-state index in [0.29, 0.717) is 19.3 Å². The molecular weight excluding hydrogens is 230 g/mol. The highest BCUT2D eigenvalue weighted by molar-refractivity contribution is 5.57. The van der Waals surface area contributed by atoms with Crippen molar-refractivity contribution < 1.29 is 14.6 Å². The molecular formula is C14H19NO3. The molecule has 18 heavy (non-hydrogen) atoms. The maximum atomic E-state index is 9.05. The predicted molar refractivity (Wildman–Crippen MR) is 69.2 cm³/mol. The van der Waals surface area contributed by atoms with Crippen LogP contribution < -0.4 is 14.4 Å². The van der Waals surface area contributed by atoms with Crippen LogP contribution in [0.15, 0.2) is 18.2 Å². The molecule has 98 valence electrons. The summed E-state index contributed by atoms with van der Waals surface area (Å²) in [7, 11) is 0. The second-order valence-corrected chi connectivity index (χ2v) is 5.00. The Bertz CT molecular complexity index is 420. The third kappa shape index (κ3) is 2.25. The second kappa shape index (κ2) is 5.06. The lowest BCUT2D eigenvalue weighted by Crippen LogP contribution is -2.35. The van der Waals surface area contributed by atoms with Crippen molar-refractivity contribution in [2.45, 2.75) is 19.3 Å². The summed E-state index contributed by atoms with van der Waals surface area (Å²) in [6.45, 7) is 2.73. The largest absolute Gasteiger partial charge is 0.454 e. The summed E-state index contributed by atoms with van der Waals surface area (Å²) in [4.78, 5) is 2.38. The van der Waals surface area contributed by atoms with Gasteiger partial charge >= 0.3 is 0 Å². The fraction of sp³-hybridized carbons (Fsp3) is 0.571. The number of hydrogen-bond donors (Lipinski definition) is 1. The Morgan fingerprint density at radius 1 is 1.28 bits per heavy atom. The minimum atomic E-state index is 0.291. The molecule has 2 heterocycles. The number of nitrogens with zero attached hydrogens (tertiary/aromatic N) is 1. The Hall–Kier alpha value is -1.42. The maximum absolute atomic E-state index is 9.05. The molecule has 0 amide bonds. The van der Waals surface area contributed by atoms with Gasteiger partial charge in [0.05, 0.1) is 0 Å². The first kappa shape index (κ1) is 11.7. The lowest BCUT2D eigenvalue weighted by atomic mass is 9.95. The number of piperidine rings is 1. The SMILES string of the molecule is OCCC1CCCN(c2ccc3c(c2)OCO3)C1. The van der Waals surface area contributed by atoms with E-state index < -0.39 is 0 Å². The molecule has 0 spiro atoms. The Labute approximate surface area is 107 Å². The fourth-order valence-corrected chi connectivity index (χ4v) is 2.80. The summed E-state index contributed by atoms with van der Waals surface area (Å²) in [5.74, 6) is 2.29. The number of hydrogen-bond acceptors (Lipinski definition) is 4. The molecule has 1 saturated heterocycles. The van der Waals surface area contributed by atoms with E-state index >= 15 is 0 Å². The van der Waals surface area contributed by atoms with Gasteiger partial charge in [-0.25, -0.2) is 0 Å². The minimum absolute atomic E-state index is 0.291. The number of benzene rings is 1. The first-order valence-corrected chi connectivity index (χ1v) is 6.62. The van der Waals surface area contributed by atoms with Gasteiger partial charge in [0, 0.05) is 31.5 Å². The Morgan fingerprint density at radius 2 is 2.17 bits per heavy atom. The highest BCUT2D eigenvalue weighted by Crippen LogP contribution is 2.36. The first-order valence-electron chi connectivity index (χ1n) is 6.62. The molecule has 0 aromatic heterocycles. The van der Waals surface area contributed by atoms with Crippen molar-refractivity contribution in [3.8, 4) is 11.5 Å². The smallest absolute Gasteiger partial charge is 0.231 e. The van der Waals surface area contributed by atoms with Crippen LogP contribution in [0.1, 0.15) is 19.3 Å². The van der Waals surface area contributed by atoms with Gasteiger partial charge in [-0.3, -0.25) is 0 Å². The van der Waals surface area contributed by atoms with Crippen LogP contribution in [-0.2, 0) is 0 Å². The first-order chi connectivity index (χ1) is 8.86. The zero-order chi connectivity index (χ0) is 12.4. The molecule has 0 radical (unpaired) electrons. The van der Waals surface area contributed by atoms with Crippen molar-refractivity contribution in [1.82, 2.24) is 0 Å². The molecule has 2 aliphatic rings. The highest BCUT2D eigenvalue weighted by Gasteiger charge is 2.21. The van der Waals surface area contributed by atoms with E-state index in [1.54, 1.807) is 0 Å². The van der Waals surface area contributed by atoms with E-state index in [0.717, 1.165) is 31.0 Å². The molecule has 4 nitrogen and oxygen atoms in total. The topological polar surface area (TPSA) is 41.9 Å². The van der Waals surface area contributed by atoms with Crippen LogP contribution >= 0.6 is 0 Å². The summed E-state index contributed by atoms with van der Waals surface area (Å²) < 4.78 is 10.7. The standard InChI is InChI=1S/C14H19NO3/c16-7-5-11-2-1-6-15(9-11)12-3-4-13-14(8-12)18-10-17-13/h3-4,8,11,16H,1-2,5-7,9-10H2. The summed E-state index contributed by atoms with van der Waals surface area (Å²) in [6, 6.07) is 6.13. The molecule has 0 saturated carbocycles. The van der Waals surface area contributed by atoms with E-state index in [9.17, 15) is 0 Å².